The first-order valence-electron chi connectivity index (χ1n) is 13.7. The number of methoxy groups -OCH3 is 2. The van der Waals surface area contributed by atoms with Crippen molar-refractivity contribution in [1.29, 1.82) is 0 Å². The number of hydrogen-bond donors (Lipinski definition) is 2. The Balaban J connectivity index is 2.25. The van der Waals surface area contributed by atoms with Crippen molar-refractivity contribution in [2.45, 2.75) is 110 Å². The summed E-state index contributed by atoms with van der Waals surface area (Å²) in [6.45, 7) is 6.66. The third-order valence-corrected chi connectivity index (χ3v) is 6.43. The Morgan fingerprint density at radius 1 is 0.829 bits per heavy atom. The van der Waals surface area contributed by atoms with Gasteiger partial charge in [-0.2, -0.15) is 0 Å². The van der Waals surface area contributed by atoms with Crippen LogP contribution in [0.1, 0.15) is 103 Å². The van der Waals surface area contributed by atoms with Crippen LogP contribution in [0.2, 0.25) is 0 Å². The standard InChI is InChI=1S/C29H50N2O4/c1-6-7-8-9-10-11-12-13-14-15-16-17-27(32)31-28(23(2)3)29(33)30-21-20-24-18-19-25(34-4)26(22-24)35-5/h18-19,22-23,28H,6-17,20-21H2,1-5H3,(H,30,33)(H,31,32). The van der Waals surface area contributed by atoms with Gasteiger partial charge >= 0.3 is 0 Å². The molecule has 1 aromatic carbocycles. The van der Waals surface area contributed by atoms with Gasteiger partial charge in [0.1, 0.15) is 6.04 Å². The summed E-state index contributed by atoms with van der Waals surface area (Å²) in [7, 11) is 3.21. The molecule has 0 heterocycles. The van der Waals surface area contributed by atoms with Gasteiger partial charge in [0.05, 0.1) is 14.2 Å². The number of benzene rings is 1. The minimum Gasteiger partial charge on any atom is -0.493 e. The molecule has 0 aliphatic heterocycles. The number of unbranched alkanes of at least 4 members (excludes halogenated alkanes) is 10. The number of nitrogens with one attached hydrogen (secondary N) is 2. The maximum absolute atomic E-state index is 12.7. The van der Waals surface area contributed by atoms with Crippen molar-refractivity contribution in [3.63, 3.8) is 0 Å². The Morgan fingerprint density at radius 3 is 1.94 bits per heavy atom. The van der Waals surface area contributed by atoms with Crippen LogP contribution in [-0.2, 0) is 16.0 Å². The van der Waals surface area contributed by atoms with Gasteiger partial charge in [-0.1, -0.05) is 91.0 Å². The van der Waals surface area contributed by atoms with Gasteiger partial charge in [-0.05, 0) is 36.5 Å². The molecule has 6 heteroatoms. The van der Waals surface area contributed by atoms with Crippen molar-refractivity contribution >= 4 is 11.8 Å². The SMILES string of the molecule is CCCCCCCCCCCCCC(=O)NC(C(=O)NCCc1ccc(OC)c(OC)c1)C(C)C. The molecule has 0 aromatic heterocycles. The highest BCUT2D eigenvalue weighted by molar-refractivity contribution is 5.87. The van der Waals surface area contributed by atoms with E-state index in [1.807, 2.05) is 32.0 Å². The van der Waals surface area contributed by atoms with Crippen molar-refractivity contribution in [3.8, 4) is 11.5 Å². The number of ether oxygens (including phenoxy) is 2. The van der Waals surface area contributed by atoms with Crippen LogP contribution in [-0.4, -0.2) is 38.6 Å². The molecule has 0 aliphatic rings. The monoisotopic (exact) mass is 490 g/mol. The molecule has 35 heavy (non-hydrogen) atoms. The van der Waals surface area contributed by atoms with Gasteiger partial charge in [0.25, 0.3) is 0 Å². The molecule has 1 rings (SSSR count). The van der Waals surface area contributed by atoms with E-state index in [-0.39, 0.29) is 17.7 Å². The average molecular weight is 491 g/mol. The van der Waals surface area contributed by atoms with E-state index in [0.717, 1.165) is 18.4 Å². The van der Waals surface area contributed by atoms with E-state index in [1.165, 1.54) is 57.8 Å². The van der Waals surface area contributed by atoms with Crippen LogP contribution >= 0.6 is 0 Å². The predicted molar refractivity (Wildman–Crippen MR) is 144 cm³/mol. The van der Waals surface area contributed by atoms with Gasteiger partial charge in [-0.3, -0.25) is 9.59 Å². The van der Waals surface area contributed by atoms with Gasteiger partial charge in [-0.15, -0.1) is 0 Å². The Labute approximate surface area is 213 Å². The molecule has 1 aromatic rings. The van der Waals surface area contributed by atoms with Crippen LogP contribution in [0.25, 0.3) is 0 Å². The van der Waals surface area contributed by atoms with E-state index < -0.39 is 6.04 Å². The van der Waals surface area contributed by atoms with E-state index in [4.69, 9.17) is 9.47 Å². The lowest BCUT2D eigenvalue weighted by Crippen LogP contribution is -2.50. The smallest absolute Gasteiger partial charge is 0.242 e. The number of amides is 2. The summed E-state index contributed by atoms with van der Waals surface area (Å²) >= 11 is 0. The fourth-order valence-electron chi connectivity index (χ4n) is 4.21. The lowest BCUT2D eigenvalue weighted by Gasteiger charge is -2.22. The summed E-state index contributed by atoms with van der Waals surface area (Å²) in [5.74, 6) is 1.21. The van der Waals surface area contributed by atoms with Gasteiger partial charge in [-0.25, -0.2) is 0 Å². The Kier molecular flexibility index (Phi) is 16.7. The summed E-state index contributed by atoms with van der Waals surface area (Å²) in [6, 6.07) is 5.23. The lowest BCUT2D eigenvalue weighted by molar-refractivity contribution is -0.130. The summed E-state index contributed by atoms with van der Waals surface area (Å²) in [5, 5.41) is 5.92. The quantitative estimate of drug-likeness (QED) is 0.213. The Hall–Kier alpha value is -2.24. The molecule has 6 nitrogen and oxygen atoms in total. The number of hydrogen-bond acceptors (Lipinski definition) is 4. The van der Waals surface area contributed by atoms with Crippen molar-refractivity contribution in [2.75, 3.05) is 20.8 Å². The van der Waals surface area contributed by atoms with Gasteiger partial charge < -0.3 is 20.1 Å². The molecule has 2 amide bonds. The fourth-order valence-corrected chi connectivity index (χ4v) is 4.21. The lowest BCUT2D eigenvalue weighted by atomic mass is 10.0. The molecule has 2 N–H and O–H groups in total. The Morgan fingerprint density at radius 2 is 1.40 bits per heavy atom. The zero-order valence-corrected chi connectivity index (χ0v) is 22.9. The van der Waals surface area contributed by atoms with Crippen molar-refractivity contribution < 1.29 is 19.1 Å². The first-order chi connectivity index (χ1) is 16.9. The summed E-state index contributed by atoms with van der Waals surface area (Å²) < 4.78 is 10.6. The number of carbonyl (C=O) groups excluding carboxylic acids is 2. The molecular formula is C29H50N2O4. The molecule has 200 valence electrons. The molecular weight excluding hydrogens is 440 g/mol. The molecule has 0 aliphatic carbocycles. The highest BCUT2D eigenvalue weighted by atomic mass is 16.5. The third kappa shape index (κ3) is 13.4. The van der Waals surface area contributed by atoms with Gasteiger partial charge in [0.2, 0.25) is 11.8 Å². The van der Waals surface area contributed by atoms with Crippen LogP contribution in [0.3, 0.4) is 0 Å². The minimum absolute atomic E-state index is 0.0253. The molecule has 0 saturated carbocycles. The first kappa shape index (κ1) is 30.8. The first-order valence-corrected chi connectivity index (χ1v) is 13.7. The highest BCUT2D eigenvalue weighted by Gasteiger charge is 2.23. The average Bonchev–Trinajstić information content (AvgIpc) is 2.85. The predicted octanol–water partition coefficient (Wildman–Crippen LogP) is 6.20. The molecule has 0 fully saturated rings. The summed E-state index contributed by atoms with van der Waals surface area (Å²) in [6.07, 6.45) is 15.0. The molecule has 1 atom stereocenters. The third-order valence-electron chi connectivity index (χ3n) is 6.43. The van der Waals surface area contributed by atoms with Gasteiger partial charge in [0, 0.05) is 13.0 Å². The molecule has 0 saturated heterocycles. The maximum Gasteiger partial charge on any atom is 0.242 e. The van der Waals surface area contributed by atoms with Crippen molar-refractivity contribution in [2.24, 2.45) is 5.92 Å². The summed E-state index contributed by atoms with van der Waals surface area (Å²) in [5.41, 5.74) is 1.05. The molecule has 0 radical (unpaired) electrons. The van der Waals surface area contributed by atoms with Crippen LogP contribution in [0.4, 0.5) is 0 Å². The van der Waals surface area contributed by atoms with E-state index in [2.05, 4.69) is 17.6 Å². The van der Waals surface area contributed by atoms with E-state index in [9.17, 15) is 9.59 Å². The van der Waals surface area contributed by atoms with Crippen molar-refractivity contribution in [1.82, 2.24) is 10.6 Å². The van der Waals surface area contributed by atoms with Crippen LogP contribution < -0.4 is 20.1 Å². The zero-order valence-electron chi connectivity index (χ0n) is 22.9. The zero-order chi connectivity index (χ0) is 25.9. The molecule has 1 unspecified atom stereocenters. The van der Waals surface area contributed by atoms with Crippen LogP contribution in [0.15, 0.2) is 18.2 Å². The second kappa shape index (κ2) is 19.0. The van der Waals surface area contributed by atoms with Gasteiger partial charge in [0.15, 0.2) is 11.5 Å². The normalized spacial score (nSPS) is 11.8. The molecule has 0 spiro atoms. The second-order valence-electron chi connectivity index (χ2n) is 9.81. The number of carbonyl (C=O) groups is 2. The number of rotatable bonds is 20. The highest BCUT2D eigenvalue weighted by Crippen LogP contribution is 2.27. The Bertz CT molecular complexity index is 721. The van der Waals surface area contributed by atoms with Crippen molar-refractivity contribution in [3.05, 3.63) is 23.8 Å². The minimum atomic E-state index is -0.513. The van der Waals surface area contributed by atoms with E-state index in [0.29, 0.717) is 30.9 Å². The second-order valence-corrected chi connectivity index (χ2v) is 9.81. The topological polar surface area (TPSA) is 76.7 Å². The largest absolute Gasteiger partial charge is 0.493 e. The maximum atomic E-state index is 12.7. The van der Waals surface area contributed by atoms with Crippen LogP contribution in [0, 0.1) is 5.92 Å². The van der Waals surface area contributed by atoms with E-state index >= 15 is 0 Å². The molecule has 0 bridgehead atoms. The summed E-state index contributed by atoms with van der Waals surface area (Å²) in [4.78, 5) is 25.2. The fraction of sp³-hybridized carbons (Fsp3) is 0.724. The van der Waals surface area contributed by atoms with E-state index in [1.54, 1.807) is 14.2 Å². The van der Waals surface area contributed by atoms with Crippen LogP contribution in [0.5, 0.6) is 11.5 Å².